The number of hydrogen-bond acceptors (Lipinski definition) is 11. The molecule has 2 amide bonds. The van der Waals surface area contributed by atoms with Gasteiger partial charge in [0.15, 0.2) is 29.2 Å². The third kappa shape index (κ3) is 9.15. The summed E-state index contributed by atoms with van der Waals surface area (Å²) in [6, 6.07) is 18.4. The summed E-state index contributed by atoms with van der Waals surface area (Å²) in [7, 11) is 1.27. The molecule has 246 valence electrons. The lowest BCUT2D eigenvalue weighted by Gasteiger charge is -2.28. The number of benzene rings is 3. The first-order chi connectivity index (χ1) is 22.8. The topological polar surface area (TPSA) is 173 Å². The lowest BCUT2D eigenvalue weighted by Crippen LogP contribution is -2.45. The molecule has 2 atom stereocenters. The van der Waals surface area contributed by atoms with Crippen LogP contribution in [0.4, 0.5) is 4.79 Å². The number of hydrogen-bond donors (Lipinski definition) is 4. The Kier molecular flexibility index (Phi) is 12.0. The summed E-state index contributed by atoms with van der Waals surface area (Å²) in [5.74, 6) is 1.22. The molecule has 13 nitrogen and oxygen atoms in total. The molecular weight excluding hydrogens is 606 g/mol. The Hall–Kier alpha value is -5.74. The molecule has 0 spiro atoms. The predicted octanol–water partition coefficient (Wildman–Crippen LogP) is 4.06. The minimum atomic E-state index is -1.16. The average Bonchev–Trinajstić information content (AvgIpc) is 3.07. The Bertz CT molecular complexity index is 1670. The molecule has 1 heterocycles. The zero-order valence-corrected chi connectivity index (χ0v) is 26.5. The van der Waals surface area contributed by atoms with Crippen molar-refractivity contribution < 1.29 is 38.4 Å². The minimum absolute atomic E-state index is 0.167. The maximum absolute atomic E-state index is 12.5. The van der Waals surface area contributed by atoms with Gasteiger partial charge in [-0.1, -0.05) is 18.2 Å². The van der Waals surface area contributed by atoms with Crippen molar-refractivity contribution in [3.8, 4) is 29.1 Å². The Morgan fingerprint density at radius 3 is 2.36 bits per heavy atom. The van der Waals surface area contributed by atoms with Crippen LogP contribution in [0.3, 0.4) is 0 Å². The second-order valence-electron chi connectivity index (χ2n) is 10.2. The van der Waals surface area contributed by atoms with Gasteiger partial charge in [0, 0.05) is 5.70 Å². The van der Waals surface area contributed by atoms with Crippen molar-refractivity contribution in [2.75, 3.05) is 26.9 Å². The van der Waals surface area contributed by atoms with Gasteiger partial charge in [0.2, 0.25) is 0 Å². The molecule has 0 bridgehead atoms. The van der Waals surface area contributed by atoms with E-state index in [1.807, 2.05) is 26.0 Å². The van der Waals surface area contributed by atoms with Crippen LogP contribution in [0, 0.1) is 11.3 Å². The van der Waals surface area contributed by atoms with Gasteiger partial charge in [0.05, 0.1) is 49.8 Å². The van der Waals surface area contributed by atoms with Crippen molar-refractivity contribution >= 4 is 18.2 Å². The lowest BCUT2D eigenvalue weighted by molar-refractivity contribution is -0.136. The molecule has 47 heavy (non-hydrogen) atoms. The van der Waals surface area contributed by atoms with Crippen molar-refractivity contribution in [2.24, 2.45) is 5.10 Å². The van der Waals surface area contributed by atoms with Crippen LogP contribution in [0.5, 0.6) is 23.0 Å². The molecule has 1 aliphatic heterocycles. The number of amides is 2. The van der Waals surface area contributed by atoms with E-state index in [9.17, 15) is 14.7 Å². The van der Waals surface area contributed by atoms with Crippen molar-refractivity contribution in [3.05, 3.63) is 94.2 Å². The minimum Gasteiger partial charge on any atom is -0.490 e. The first-order valence-electron chi connectivity index (χ1n) is 14.9. The summed E-state index contributed by atoms with van der Waals surface area (Å²) in [5.41, 5.74) is 6.05. The number of aliphatic hydroxyl groups excluding tert-OH is 1. The third-order valence-corrected chi connectivity index (χ3v) is 6.85. The molecule has 0 saturated heterocycles. The van der Waals surface area contributed by atoms with Crippen molar-refractivity contribution in [2.45, 2.75) is 39.6 Å². The highest BCUT2D eigenvalue weighted by molar-refractivity contribution is 5.95. The summed E-state index contributed by atoms with van der Waals surface area (Å²) in [5, 5.41) is 28.9. The molecule has 0 radical (unpaired) electrons. The van der Waals surface area contributed by atoms with E-state index in [-0.39, 0.29) is 12.2 Å². The van der Waals surface area contributed by atoms with Gasteiger partial charge in [-0.25, -0.2) is 9.59 Å². The zero-order valence-electron chi connectivity index (χ0n) is 26.5. The zero-order chi connectivity index (χ0) is 33.8. The van der Waals surface area contributed by atoms with Gasteiger partial charge in [-0.2, -0.15) is 10.4 Å². The quantitative estimate of drug-likeness (QED) is 0.0819. The highest BCUT2D eigenvalue weighted by atomic mass is 16.5. The fourth-order valence-corrected chi connectivity index (χ4v) is 4.65. The van der Waals surface area contributed by atoms with Crippen molar-refractivity contribution in [3.63, 3.8) is 0 Å². The van der Waals surface area contributed by atoms with Crippen LogP contribution in [0.2, 0.25) is 0 Å². The molecule has 0 unspecified atom stereocenters. The van der Waals surface area contributed by atoms with Gasteiger partial charge in [-0.05, 0) is 79.9 Å². The molecule has 0 aromatic heterocycles. The first kappa shape index (κ1) is 34.1. The number of methoxy groups -OCH3 is 1. The molecule has 1 aliphatic rings. The van der Waals surface area contributed by atoms with E-state index in [1.54, 1.807) is 55.5 Å². The summed E-state index contributed by atoms with van der Waals surface area (Å²) in [4.78, 5) is 24.6. The van der Waals surface area contributed by atoms with Crippen LogP contribution in [0.25, 0.3) is 0 Å². The Labute approximate surface area is 272 Å². The molecule has 4 rings (SSSR count). The molecule has 3 aromatic rings. The molecule has 4 N–H and O–H groups in total. The van der Waals surface area contributed by atoms with Gasteiger partial charge in [0.1, 0.15) is 13.2 Å². The second kappa shape index (κ2) is 16.5. The van der Waals surface area contributed by atoms with Crippen molar-refractivity contribution in [1.82, 2.24) is 16.1 Å². The summed E-state index contributed by atoms with van der Waals surface area (Å²) in [6.07, 6.45) is 0.361. The number of rotatable bonds is 15. The first-order valence-corrected chi connectivity index (χ1v) is 14.9. The number of urea groups is 1. The van der Waals surface area contributed by atoms with Crippen LogP contribution >= 0.6 is 0 Å². The molecule has 0 saturated carbocycles. The van der Waals surface area contributed by atoms with Crippen LogP contribution in [-0.4, -0.2) is 56.5 Å². The standard InChI is InChI=1S/C34H37N5O8/c1-5-44-28-15-24(11-13-26(28)46-19-23-9-7-22(17-35)8-10-23)18-36-39-30(40)20-47-27-14-12-25(16-29(27)45-6-2)32-31(33(41)43-4)21(3)37-34(42)38-32/h7-16,18,30,32,39-40H,5-6,19-20H2,1-4H3,(H2,37,38,42)/b36-18+/t30-,32+/m1/s1. The molecule has 3 aromatic carbocycles. The van der Waals surface area contributed by atoms with Gasteiger partial charge < -0.3 is 39.4 Å². The second-order valence-corrected chi connectivity index (χ2v) is 10.2. The lowest BCUT2D eigenvalue weighted by atomic mass is 9.95. The van der Waals surface area contributed by atoms with E-state index in [2.05, 4.69) is 27.2 Å². The molecule has 13 heteroatoms. The Morgan fingerprint density at radius 2 is 1.68 bits per heavy atom. The fraction of sp³-hybridized carbons (Fsp3) is 0.294. The number of carbonyl (C=O) groups excluding carboxylic acids is 2. The van der Waals surface area contributed by atoms with Crippen LogP contribution in [-0.2, 0) is 16.1 Å². The van der Waals surface area contributed by atoms with Gasteiger partial charge in [0.25, 0.3) is 0 Å². The summed E-state index contributed by atoms with van der Waals surface area (Å²) < 4.78 is 28.2. The molecule has 0 fully saturated rings. The van der Waals surface area contributed by atoms with Crippen LogP contribution < -0.4 is 35.0 Å². The van der Waals surface area contributed by atoms with E-state index < -0.39 is 24.3 Å². The van der Waals surface area contributed by atoms with Gasteiger partial charge in [-0.3, -0.25) is 5.43 Å². The van der Waals surface area contributed by atoms with E-state index in [4.69, 9.17) is 28.9 Å². The number of nitrogens with zero attached hydrogens (tertiary/aromatic N) is 2. The highest BCUT2D eigenvalue weighted by Gasteiger charge is 2.32. The van der Waals surface area contributed by atoms with E-state index in [0.717, 1.165) is 5.56 Å². The Morgan fingerprint density at radius 1 is 1.00 bits per heavy atom. The summed E-state index contributed by atoms with van der Waals surface area (Å²) in [6.45, 7) is 6.20. The summed E-state index contributed by atoms with van der Waals surface area (Å²) >= 11 is 0. The Balaban J connectivity index is 1.37. The third-order valence-electron chi connectivity index (χ3n) is 6.85. The molecular formula is C34H37N5O8. The predicted molar refractivity (Wildman–Crippen MR) is 172 cm³/mol. The smallest absolute Gasteiger partial charge is 0.337 e. The van der Waals surface area contributed by atoms with Crippen LogP contribution in [0.15, 0.2) is 77.0 Å². The average molecular weight is 644 g/mol. The maximum Gasteiger partial charge on any atom is 0.337 e. The number of allylic oxidation sites excluding steroid dienone is 1. The van der Waals surface area contributed by atoms with E-state index in [0.29, 0.717) is 65.2 Å². The van der Waals surface area contributed by atoms with E-state index in [1.165, 1.54) is 13.3 Å². The number of ether oxygens (including phenoxy) is 5. The SMILES string of the molecule is CCOc1cc(/C=N/N[C@H](O)COc2ccc([C@@H]3NC(=O)NC(C)=C3C(=O)OC)cc2OCC)ccc1OCc1ccc(C#N)cc1. The number of hydrazone groups is 1. The maximum atomic E-state index is 12.5. The van der Waals surface area contributed by atoms with Gasteiger partial charge in [-0.15, -0.1) is 0 Å². The van der Waals surface area contributed by atoms with Crippen LogP contribution in [0.1, 0.15) is 49.1 Å². The number of aliphatic hydroxyl groups is 1. The monoisotopic (exact) mass is 643 g/mol. The number of nitrogens with one attached hydrogen (secondary N) is 3. The number of carbonyl (C=O) groups is 2. The van der Waals surface area contributed by atoms with Crippen molar-refractivity contribution in [1.29, 1.82) is 5.26 Å². The normalized spacial score (nSPS) is 14.8. The largest absolute Gasteiger partial charge is 0.490 e. The highest BCUT2D eigenvalue weighted by Crippen LogP contribution is 2.35. The molecule has 0 aliphatic carbocycles. The van der Waals surface area contributed by atoms with Gasteiger partial charge >= 0.3 is 12.0 Å². The number of esters is 1. The fourth-order valence-electron chi connectivity index (χ4n) is 4.65. The van der Waals surface area contributed by atoms with E-state index >= 15 is 0 Å². The number of nitriles is 1.